The van der Waals surface area contributed by atoms with Crippen LogP contribution in [0.25, 0.3) is 0 Å². The number of hydrogen-bond acceptors (Lipinski definition) is 3. The van der Waals surface area contributed by atoms with Crippen molar-refractivity contribution in [2.24, 2.45) is 0 Å². The number of halogens is 1. The fraction of sp³-hybridized carbons (Fsp3) is 0.533. The van der Waals surface area contributed by atoms with Crippen LogP contribution in [0.2, 0.25) is 0 Å². The highest BCUT2D eigenvalue weighted by Gasteiger charge is 2.26. The molecule has 4 nitrogen and oxygen atoms in total. The molecule has 0 radical (unpaired) electrons. The van der Waals surface area contributed by atoms with E-state index in [4.69, 9.17) is 0 Å². The van der Waals surface area contributed by atoms with Gasteiger partial charge in [0.05, 0.1) is 12.6 Å². The van der Waals surface area contributed by atoms with Crippen LogP contribution in [-0.4, -0.2) is 42.6 Å². The lowest BCUT2D eigenvalue weighted by atomic mass is 9.96. The summed E-state index contributed by atoms with van der Waals surface area (Å²) in [5.41, 5.74) is -0.661. The van der Waals surface area contributed by atoms with Crippen molar-refractivity contribution in [2.75, 3.05) is 20.6 Å². The summed E-state index contributed by atoms with van der Waals surface area (Å²) in [6.45, 7) is 3.61. The fourth-order valence-electron chi connectivity index (χ4n) is 2.07. The van der Waals surface area contributed by atoms with Crippen molar-refractivity contribution in [3.8, 4) is 0 Å². The van der Waals surface area contributed by atoms with Crippen LogP contribution in [0, 0.1) is 5.82 Å². The second kappa shape index (κ2) is 6.81. The van der Waals surface area contributed by atoms with Crippen LogP contribution in [-0.2, 0) is 10.4 Å². The van der Waals surface area contributed by atoms with Crippen molar-refractivity contribution in [1.82, 2.24) is 10.2 Å². The van der Waals surface area contributed by atoms with E-state index in [1.54, 1.807) is 6.92 Å². The molecule has 2 atom stereocenters. The van der Waals surface area contributed by atoms with Gasteiger partial charge in [-0.05, 0) is 45.1 Å². The van der Waals surface area contributed by atoms with Gasteiger partial charge in [0.2, 0.25) is 5.91 Å². The van der Waals surface area contributed by atoms with Gasteiger partial charge >= 0.3 is 0 Å². The van der Waals surface area contributed by atoms with E-state index in [1.807, 2.05) is 25.9 Å². The van der Waals surface area contributed by atoms with Gasteiger partial charge in [-0.2, -0.15) is 0 Å². The highest BCUT2D eigenvalue weighted by Crippen LogP contribution is 2.20. The van der Waals surface area contributed by atoms with E-state index in [0.29, 0.717) is 12.0 Å². The smallest absolute Gasteiger partial charge is 0.237 e. The number of rotatable bonds is 6. The topological polar surface area (TPSA) is 52.6 Å². The molecule has 112 valence electrons. The Kier molecular flexibility index (Phi) is 5.65. The van der Waals surface area contributed by atoms with E-state index < -0.39 is 5.60 Å². The maximum Gasteiger partial charge on any atom is 0.237 e. The number of nitrogens with one attached hydrogen (secondary N) is 1. The van der Waals surface area contributed by atoms with Crippen LogP contribution in [0.15, 0.2) is 24.3 Å². The summed E-state index contributed by atoms with van der Waals surface area (Å²) >= 11 is 0. The predicted octanol–water partition coefficient (Wildman–Crippen LogP) is 1.49. The van der Waals surface area contributed by atoms with E-state index >= 15 is 0 Å². The molecular formula is C15H23FN2O2. The Morgan fingerprint density at radius 2 is 1.95 bits per heavy atom. The number of carbonyl (C=O) groups is 1. The number of amides is 1. The number of carbonyl (C=O) groups excluding carboxylic acids is 1. The van der Waals surface area contributed by atoms with Gasteiger partial charge in [0, 0.05) is 0 Å². The standard InChI is InChI=1S/C15H23FN2O2/c1-5-13(18(3)4)14(19)17-10-15(2,20)11-6-8-12(16)9-7-11/h6-9,13,20H,5,10H2,1-4H3,(H,17,19). The van der Waals surface area contributed by atoms with Crippen LogP contribution >= 0.6 is 0 Å². The third-order valence-electron chi connectivity index (χ3n) is 3.39. The Balaban J connectivity index is 2.67. The zero-order valence-corrected chi connectivity index (χ0v) is 12.5. The quantitative estimate of drug-likeness (QED) is 0.831. The molecule has 1 aromatic rings. The van der Waals surface area contributed by atoms with E-state index in [9.17, 15) is 14.3 Å². The van der Waals surface area contributed by atoms with E-state index in [2.05, 4.69) is 5.32 Å². The molecule has 0 spiro atoms. The molecule has 0 bridgehead atoms. The lowest BCUT2D eigenvalue weighted by Gasteiger charge is -2.27. The summed E-state index contributed by atoms with van der Waals surface area (Å²) in [4.78, 5) is 13.9. The van der Waals surface area contributed by atoms with Gasteiger partial charge in [-0.3, -0.25) is 9.69 Å². The third-order valence-corrected chi connectivity index (χ3v) is 3.39. The number of benzene rings is 1. The molecule has 0 saturated carbocycles. The summed E-state index contributed by atoms with van der Waals surface area (Å²) in [6, 6.07) is 5.40. The van der Waals surface area contributed by atoms with Gasteiger partial charge < -0.3 is 10.4 Å². The molecule has 0 aliphatic carbocycles. The number of aliphatic hydroxyl groups is 1. The van der Waals surface area contributed by atoms with Crippen molar-refractivity contribution in [3.63, 3.8) is 0 Å². The Bertz CT molecular complexity index is 444. The molecule has 0 saturated heterocycles. The van der Waals surface area contributed by atoms with E-state index in [-0.39, 0.29) is 24.3 Å². The number of hydrogen-bond donors (Lipinski definition) is 2. The fourth-order valence-corrected chi connectivity index (χ4v) is 2.07. The maximum atomic E-state index is 12.9. The first-order valence-corrected chi connectivity index (χ1v) is 6.70. The van der Waals surface area contributed by atoms with Crippen molar-refractivity contribution in [2.45, 2.75) is 31.9 Å². The minimum Gasteiger partial charge on any atom is -0.384 e. The normalized spacial score (nSPS) is 15.8. The maximum absolute atomic E-state index is 12.9. The van der Waals surface area contributed by atoms with Crippen LogP contribution in [0.4, 0.5) is 4.39 Å². The van der Waals surface area contributed by atoms with Crippen molar-refractivity contribution in [3.05, 3.63) is 35.6 Å². The van der Waals surface area contributed by atoms with Crippen LogP contribution < -0.4 is 5.32 Å². The first kappa shape index (κ1) is 16.6. The first-order valence-electron chi connectivity index (χ1n) is 6.70. The minimum atomic E-state index is -1.23. The monoisotopic (exact) mass is 282 g/mol. The molecule has 0 aliphatic heterocycles. The molecule has 0 aromatic heterocycles. The molecule has 0 heterocycles. The molecule has 0 aliphatic rings. The van der Waals surface area contributed by atoms with Gasteiger partial charge in [-0.1, -0.05) is 19.1 Å². The molecule has 2 unspecified atom stereocenters. The van der Waals surface area contributed by atoms with E-state index in [1.165, 1.54) is 24.3 Å². The summed E-state index contributed by atoms with van der Waals surface area (Å²) in [5.74, 6) is -0.480. The molecule has 1 rings (SSSR count). The predicted molar refractivity (Wildman–Crippen MR) is 76.7 cm³/mol. The number of likely N-dealkylation sites (N-methyl/N-ethyl adjacent to an activating group) is 1. The zero-order chi connectivity index (χ0) is 15.3. The van der Waals surface area contributed by atoms with Crippen molar-refractivity contribution < 1.29 is 14.3 Å². The van der Waals surface area contributed by atoms with Gasteiger partial charge in [-0.25, -0.2) is 4.39 Å². The van der Waals surface area contributed by atoms with E-state index in [0.717, 1.165) is 0 Å². The Morgan fingerprint density at radius 1 is 1.40 bits per heavy atom. The SMILES string of the molecule is CCC(C(=O)NCC(C)(O)c1ccc(F)cc1)N(C)C. The van der Waals surface area contributed by atoms with Gasteiger partial charge in [0.15, 0.2) is 0 Å². The molecule has 20 heavy (non-hydrogen) atoms. The zero-order valence-electron chi connectivity index (χ0n) is 12.5. The molecule has 5 heteroatoms. The Hall–Kier alpha value is -1.46. The second-order valence-corrected chi connectivity index (χ2v) is 5.39. The largest absolute Gasteiger partial charge is 0.384 e. The summed E-state index contributed by atoms with van der Waals surface area (Å²) in [5, 5.41) is 13.1. The Morgan fingerprint density at radius 3 is 2.40 bits per heavy atom. The van der Waals surface area contributed by atoms with Gasteiger partial charge in [0.25, 0.3) is 0 Å². The number of nitrogens with zero attached hydrogens (tertiary/aromatic N) is 1. The average Bonchev–Trinajstić information content (AvgIpc) is 2.37. The molecule has 0 fully saturated rings. The van der Waals surface area contributed by atoms with Gasteiger partial charge in [0.1, 0.15) is 11.4 Å². The highest BCUT2D eigenvalue weighted by atomic mass is 19.1. The molecule has 1 aromatic carbocycles. The summed E-state index contributed by atoms with van der Waals surface area (Å²) in [7, 11) is 3.68. The lowest BCUT2D eigenvalue weighted by Crippen LogP contribution is -2.47. The van der Waals surface area contributed by atoms with Crippen molar-refractivity contribution in [1.29, 1.82) is 0 Å². The first-order chi connectivity index (χ1) is 9.27. The highest BCUT2D eigenvalue weighted by molar-refractivity contribution is 5.81. The van der Waals surface area contributed by atoms with Crippen molar-refractivity contribution >= 4 is 5.91 Å². The average molecular weight is 282 g/mol. The van der Waals surface area contributed by atoms with Crippen LogP contribution in [0.3, 0.4) is 0 Å². The lowest BCUT2D eigenvalue weighted by molar-refractivity contribution is -0.126. The van der Waals surface area contributed by atoms with Crippen LogP contribution in [0.1, 0.15) is 25.8 Å². The summed E-state index contributed by atoms with van der Waals surface area (Å²) in [6.07, 6.45) is 0.692. The second-order valence-electron chi connectivity index (χ2n) is 5.39. The Labute approximate surface area is 119 Å². The third kappa shape index (κ3) is 4.28. The van der Waals surface area contributed by atoms with Gasteiger partial charge in [-0.15, -0.1) is 0 Å². The molecular weight excluding hydrogens is 259 g/mol. The minimum absolute atomic E-state index is 0.0851. The summed E-state index contributed by atoms with van der Waals surface area (Å²) < 4.78 is 12.9. The molecule has 2 N–H and O–H groups in total. The van der Waals surface area contributed by atoms with Crippen LogP contribution in [0.5, 0.6) is 0 Å². The molecule has 1 amide bonds.